The molecule has 0 saturated carbocycles. The van der Waals surface area contributed by atoms with Crippen LogP contribution in [0.3, 0.4) is 0 Å². The molecule has 1 saturated heterocycles. The fraction of sp³-hybridized carbons (Fsp3) is 0.615. The third kappa shape index (κ3) is 3.11. The first kappa shape index (κ1) is 12.7. The first-order chi connectivity index (χ1) is 8.20. The normalized spacial score (nSPS) is 18.3. The van der Waals surface area contributed by atoms with Crippen molar-refractivity contribution in [2.24, 2.45) is 0 Å². The van der Waals surface area contributed by atoms with Crippen LogP contribution in [0.1, 0.15) is 19.8 Å². The van der Waals surface area contributed by atoms with E-state index in [1.54, 1.807) is 6.20 Å². The van der Waals surface area contributed by atoms with E-state index in [1.165, 1.54) is 31.6 Å². The van der Waals surface area contributed by atoms with Crippen LogP contribution in [0.4, 0.5) is 5.69 Å². The largest absolute Gasteiger partial charge is 0.371 e. The van der Waals surface area contributed by atoms with Crippen molar-refractivity contribution in [1.29, 1.82) is 0 Å². The number of halogens is 1. The highest BCUT2D eigenvalue weighted by atomic mass is 35.5. The van der Waals surface area contributed by atoms with Crippen LogP contribution in [0.5, 0.6) is 0 Å². The molecule has 0 unspecified atom stereocenters. The number of likely N-dealkylation sites (tertiary alicyclic amines) is 1. The van der Waals surface area contributed by atoms with Crippen molar-refractivity contribution in [3.05, 3.63) is 23.5 Å². The molecular weight excluding hydrogens is 234 g/mol. The van der Waals surface area contributed by atoms with Gasteiger partial charge in [0.05, 0.1) is 0 Å². The monoisotopic (exact) mass is 253 g/mol. The molecule has 1 aliphatic heterocycles. The summed E-state index contributed by atoms with van der Waals surface area (Å²) in [5.74, 6) is 0. The summed E-state index contributed by atoms with van der Waals surface area (Å²) in [5, 5.41) is 0.570. The summed E-state index contributed by atoms with van der Waals surface area (Å²) in [6.07, 6.45) is 4.23. The van der Waals surface area contributed by atoms with Gasteiger partial charge in [-0.1, -0.05) is 18.5 Å². The Morgan fingerprint density at radius 2 is 2.18 bits per heavy atom. The maximum absolute atomic E-state index is 5.93. The zero-order chi connectivity index (χ0) is 12.3. The van der Waals surface area contributed by atoms with Crippen molar-refractivity contribution >= 4 is 17.3 Å². The fourth-order valence-corrected chi connectivity index (χ4v) is 2.61. The molecule has 0 radical (unpaired) electrons. The molecule has 1 aliphatic rings. The number of anilines is 1. The molecule has 17 heavy (non-hydrogen) atoms. The van der Waals surface area contributed by atoms with Gasteiger partial charge in [-0.15, -0.1) is 0 Å². The van der Waals surface area contributed by atoms with Crippen molar-refractivity contribution in [3.63, 3.8) is 0 Å². The minimum Gasteiger partial charge on any atom is -0.371 e. The minimum atomic E-state index is 0.570. The smallest absolute Gasteiger partial charge is 0.131 e. The van der Waals surface area contributed by atoms with E-state index < -0.39 is 0 Å². The number of nitrogens with zero attached hydrogens (tertiary/aromatic N) is 3. The maximum Gasteiger partial charge on any atom is 0.131 e. The molecule has 1 aromatic rings. The van der Waals surface area contributed by atoms with E-state index in [2.05, 4.69) is 28.8 Å². The number of pyridine rings is 1. The Hall–Kier alpha value is -0.800. The van der Waals surface area contributed by atoms with E-state index in [0.717, 1.165) is 6.54 Å². The molecule has 0 aromatic carbocycles. The van der Waals surface area contributed by atoms with Gasteiger partial charge in [0.25, 0.3) is 0 Å². The number of hydrogen-bond acceptors (Lipinski definition) is 3. The third-order valence-electron chi connectivity index (χ3n) is 3.67. The van der Waals surface area contributed by atoms with Gasteiger partial charge in [-0.25, -0.2) is 4.98 Å². The molecule has 0 spiro atoms. The van der Waals surface area contributed by atoms with Crippen LogP contribution in [0.25, 0.3) is 0 Å². The van der Waals surface area contributed by atoms with E-state index in [-0.39, 0.29) is 0 Å². The van der Waals surface area contributed by atoms with Crippen LogP contribution in [-0.2, 0) is 0 Å². The van der Waals surface area contributed by atoms with Crippen molar-refractivity contribution in [3.8, 4) is 0 Å². The highest BCUT2D eigenvalue weighted by Gasteiger charge is 2.21. The van der Waals surface area contributed by atoms with Crippen LogP contribution in [-0.4, -0.2) is 42.6 Å². The van der Waals surface area contributed by atoms with Gasteiger partial charge >= 0.3 is 0 Å². The highest BCUT2D eigenvalue weighted by Crippen LogP contribution is 2.23. The molecule has 94 valence electrons. The summed E-state index contributed by atoms with van der Waals surface area (Å²) in [7, 11) is 2.15. The second-order valence-electron chi connectivity index (χ2n) is 4.61. The summed E-state index contributed by atoms with van der Waals surface area (Å²) in [6.45, 7) is 5.79. The molecule has 0 aliphatic carbocycles. The molecule has 1 aromatic heterocycles. The van der Waals surface area contributed by atoms with Crippen molar-refractivity contribution in [1.82, 2.24) is 9.88 Å². The van der Waals surface area contributed by atoms with Crippen LogP contribution < -0.4 is 4.90 Å². The number of rotatable bonds is 3. The second-order valence-corrected chi connectivity index (χ2v) is 5.00. The summed E-state index contributed by atoms with van der Waals surface area (Å²) in [5.41, 5.74) is 1.17. The Morgan fingerprint density at radius 3 is 2.76 bits per heavy atom. The predicted molar refractivity (Wildman–Crippen MR) is 72.8 cm³/mol. The molecule has 4 heteroatoms. The van der Waals surface area contributed by atoms with E-state index in [1.807, 2.05) is 12.1 Å². The molecular formula is C13H20ClN3. The lowest BCUT2D eigenvalue weighted by molar-refractivity contribution is 0.221. The van der Waals surface area contributed by atoms with Crippen LogP contribution >= 0.6 is 11.6 Å². The number of piperidine rings is 1. The molecule has 0 bridgehead atoms. The standard InChI is InChI=1S/C13H20ClN3/c1-3-17-8-5-11(6-9-17)16(2)12-4-7-15-13(14)10-12/h4,7,10-11H,3,5-6,8-9H2,1-2H3. The molecule has 0 N–H and O–H groups in total. The molecule has 2 rings (SSSR count). The van der Waals surface area contributed by atoms with Gasteiger partial charge in [0.15, 0.2) is 0 Å². The first-order valence-electron chi connectivity index (χ1n) is 6.27. The van der Waals surface area contributed by atoms with E-state index >= 15 is 0 Å². The SMILES string of the molecule is CCN1CCC(N(C)c2ccnc(Cl)c2)CC1. The van der Waals surface area contributed by atoms with Gasteiger partial charge in [0.2, 0.25) is 0 Å². The van der Waals surface area contributed by atoms with Gasteiger partial charge in [-0.2, -0.15) is 0 Å². The zero-order valence-electron chi connectivity index (χ0n) is 10.6. The Balaban J connectivity index is 1.99. The topological polar surface area (TPSA) is 19.4 Å². The summed E-state index contributed by atoms with van der Waals surface area (Å²) >= 11 is 5.93. The lowest BCUT2D eigenvalue weighted by Crippen LogP contribution is -2.43. The fourth-order valence-electron chi connectivity index (χ4n) is 2.45. The second kappa shape index (κ2) is 5.69. The van der Waals surface area contributed by atoms with Crippen molar-refractivity contribution in [2.75, 3.05) is 31.6 Å². The lowest BCUT2D eigenvalue weighted by atomic mass is 10.0. The van der Waals surface area contributed by atoms with E-state index in [4.69, 9.17) is 11.6 Å². The molecule has 0 amide bonds. The minimum absolute atomic E-state index is 0.570. The van der Waals surface area contributed by atoms with Gasteiger partial charge < -0.3 is 9.80 Å². The molecule has 3 nitrogen and oxygen atoms in total. The lowest BCUT2D eigenvalue weighted by Gasteiger charge is -2.37. The van der Waals surface area contributed by atoms with Crippen LogP contribution in [0.2, 0.25) is 5.15 Å². The predicted octanol–water partition coefficient (Wildman–Crippen LogP) is 2.66. The van der Waals surface area contributed by atoms with Gasteiger partial charge in [-0.3, -0.25) is 0 Å². The van der Waals surface area contributed by atoms with Crippen molar-refractivity contribution < 1.29 is 0 Å². The average molecular weight is 254 g/mol. The van der Waals surface area contributed by atoms with Gasteiger partial charge in [-0.05, 0) is 31.5 Å². The Kier molecular flexibility index (Phi) is 4.24. The Morgan fingerprint density at radius 1 is 1.47 bits per heavy atom. The summed E-state index contributed by atoms with van der Waals surface area (Å²) in [6, 6.07) is 4.59. The Labute approximate surface area is 108 Å². The summed E-state index contributed by atoms with van der Waals surface area (Å²) in [4.78, 5) is 8.86. The van der Waals surface area contributed by atoms with Crippen LogP contribution in [0.15, 0.2) is 18.3 Å². The first-order valence-corrected chi connectivity index (χ1v) is 6.65. The Bertz CT molecular complexity index is 361. The average Bonchev–Trinajstić information content (AvgIpc) is 2.38. The summed E-state index contributed by atoms with van der Waals surface area (Å²) < 4.78 is 0. The van der Waals surface area contributed by atoms with E-state index in [9.17, 15) is 0 Å². The van der Waals surface area contributed by atoms with Crippen molar-refractivity contribution in [2.45, 2.75) is 25.8 Å². The quantitative estimate of drug-likeness (QED) is 0.772. The highest BCUT2D eigenvalue weighted by molar-refractivity contribution is 6.29. The molecule has 2 heterocycles. The molecule has 1 fully saturated rings. The third-order valence-corrected chi connectivity index (χ3v) is 3.88. The molecule has 0 atom stereocenters. The van der Waals surface area contributed by atoms with Gasteiger partial charge in [0.1, 0.15) is 5.15 Å². The zero-order valence-corrected chi connectivity index (χ0v) is 11.3. The maximum atomic E-state index is 5.93. The number of hydrogen-bond donors (Lipinski definition) is 0. The number of aromatic nitrogens is 1. The van der Waals surface area contributed by atoms with Crippen LogP contribution in [0, 0.1) is 0 Å². The van der Waals surface area contributed by atoms with E-state index in [0.29, 0.717) is 11.2 Å². The van der Waals surface area contributed by atoms with Gasteiger partial charge in [0, 0.05) is 38.1 Å².